The first kappa shape index (κ1) is 21.0. The molecule has 0 spiro atoms. The van der Waals surface area contributed by atoms with Crippen LogP contribution in [0.2, 0.25) is 0 Å². The van der Waals surface area contributed by atoms with Crippen LogP contribution in [0.4, 0.5) is 0 Å². The number of amides is 1. The second-order valence-electron chi connectivity index (χ2n) is 7.82. The summed E-state index contributed by atoms with van der Waals surface area (Å²) in [5, 5.41) is 4.12. The van der Waals surface area contributed by atoms with E-state index in [1.807, 2.05) is 36.4 Å². The summed E-state index contributed by atoms with van der Waals surface area (Å²) in [7, 11) is 0. The fourth-order valence-corrected chi connectivity index (χ4v) is 3.76. The molecule has 1 saturated heterocycles. The van der Waals surface area contributed by atoms with Crippen molar-refractivity contribution in [3.63, 3.8) is 0 Å². The number of rotatable bonds is 7. The van der Waals surface area contributed by atoms with E-state index < -0.39 is 0 Å². The molecule has 5 heteroatoms. The highest BCUT2D eigenvalue weighted by Gasteiger charge is 2.18. The topological polar surface area (TPSA) is 47.9 Å². The average molecular weight is 413 g/mol. The molecular weight excluding hydrogens is 384 g/mol. The molecule has 1 heterocycles. The lowest BCUT2D eigenvalue weighted by atomic mass is 10.0. The SMILES string of the molecule is O=C(CN1CCN(Cc2ccccc2)CC1)N/N=C/c1ccc(-c2ccccc2)cc1. The molecule has 1 N–H and O–H groups in total. The van der Waals surface area contributed by atoms with Gasteiger partial charge in [-0.2, -0.15) is 5.10 Å². The zero-order valence-corrected chi connectivity index (χ0v) is 17.7. The van der Waals surface area contributed by atoms with E-state index in [9.17, 15) is 4.79 Å². The predicted molar refractivity (Wildman–Crippen MR) is 126 cm³/mol. The molecule has 31 heavy (non-hydrogen) atoms. The van der Waals surface area contributed by atoms with Gasteiger partial charge in [-0.1, -0.05) is 84.9 Å². The molecule has 0 atom stereocenters. The van der Waals surface area contributed by atoms with Crippen molar-refractivity contribution >= 4 is 12.1 Å². The van der Waals surface area contributed by atoms with Gasteiger partial charge in [0, 0.05) is 32.7 Å². The number of carbonyl (C=O) groups excluding carboxylic acids is 1. The van der Waals surface area contributed by atoms with E-state index >= 15 is 0 Å². The third-order valence-corrected chi connectivity index (χ3v) is 5.50. The van der Waals surface area contributed by atoms with Crippen molar-refractivity contribution in [2.45, 2.75) is 6.54 Å². The van der Waals surface area contributed by atoms with Gasteiger partial charge in [0.15, 0.2) is 0 Å². The number of piperazine rings is 1. The first-order valence-corrected chi connectivity index (χ1v) is 10.7. The molecular formula is C26H28N4O. The zero-order valence-electron chi connectivity index (χ0n) is 17.7. The molecule has 0 bridgehead atoms. The van der Waals surface area contributed by atoms with E-state index in [0.717, 1.165) is 43.9 Å². The van der Waals surface area contributed by atoms with Gasteiger partial charge in [-0.3, -0.25) is 14.6 Å². The average Bonchev–Trinajstić information content (AvgIpc) is 2.82. The Morgan fingerprint density at radius 3 is 2.03 bits per heavy atom. The third kappa shape index (κ3) is 6.35. The molecule has 0 saturated carbocycles. The maximum atomic E-state index is 12.2. The van der Waals surface area contributed by atoms with Crippen molar-refractivity contribution in [3.05, 3.63) is 96.1 Å². The molecule has 4 rings (SSSR count). The van der Waals surface area contributed by atoms with Crippen molar-refractivity contribution < 1.29 is 4.79 Å². The quantitative estimate of drug-likeness (QED) is 0.476. The second-order valence-corrected chi connectivity index (χ2v) is 7.82. The Bertz CT molecular complexity index is 979. The lowest BCUT2D eigenvalue weighted by molar-refractivity contribution is -0.122. The summed E-state index contributed by atoms with van der Waals surface area (Å²) in [6, 6.07) is 28.9. The molecule has 5 nitrogen and oxygen atoms in total. The van der Waals surface area contributed by atoms with E-state index in [2.05, 4.69) is 68.9 Å². The van der Waals surface area contributed by atoms with Crippen LogP contribution in [-0.2, 0) is 11.3 Å². The third-order valence-electron chi connectivity index (χ3n) is 5.50. The smallest absolute Gasteiger partial charge is 0.254 e. The van der Waals surface area contributed by atoms with E-state index in [1.165, 1.54) is 11.1 Å². The fraction of sp³-hybridized carbons (Fsp3) is 0.231. The highest BCUT2D eigenvalue weighted by molar-refractivity contribution is 5.83. The summed E-state index contributed by atoms with van der Waals surface area (Å²) < 4.78 is 0. The van der Waals surface area contributed by atoms with Gasteiger partial charge in [-0.05, 0) is 22.3 Å². The largest absolute Gasteiger partial charge is 0.297 e. The van der Waals surface area contributed by atoms with E-state index in [0.29, 0.717) is 6.54 Å². The molecule has 1 aliphatic rings. The van der Waals surface area contributed by atoms with E-state index in [-0.39, 0.29) is 5.91 Å². The normalized spacial score (nSPS) is 15.2. The molecule has 0 aliphatic carbocycles. The molecule has 158 valence electrons. The first-order chi connectivity index (χ1) is 15.3. The Balaban J connectivity index is 1.19. The fourth-order valence-electron chi connectivity index (χ4n) is 3.76. The maximum absolute atomic E-state index is 12.2. The van der Waals surface area contributed by atoms with Gasteiger partial charge in [0.25, 0.3) is 5.91 Å². The number of hydrogen-bond acceptors (Lipinski definition) is 4. The number of carbonyl (C=O) groups is 1. The van der Waals surface area contributed by atoms with Crippen LogP contribution in [0.3, 0.4) is 0 Å². The Hall–Kier alpha value is -3.28. The Morgan fingerprint density at radius 2 is 1.35 bits per heavy atom. The zero-order chi connectivity index (χ0) is 21.3. The Labute approximate surface area is 184 Å². The van der Waals surface area contributed by atoms with Crippen LogP contribution in [0.25, 0.3) is 11.1 Å². The van der Waals surface area contributed by atoms with Crippen LogP contribution in [-0.4, -0.2) is 54.6 Å². The van der Waals surface area contributed by atoms with Crippen molar-refractivity contribution in [3.8, 4) is 11.1 Å². The highest BCUT2D eigenvalue weighted by Crippen LogP contribution is 2.18. The molecule has 1 aliphatic heterocycles. The minimum absolute atomic E-state index is 0.0753. The highest BCUT2D eigenvalue weighted by atomic mass is 16.2. The van der Waals surface area contributed by atoms with Crippen molar-refractivity contribution in [2.24, 2.45) is 5.10 Å². The Morgan fingerprint density at radius 1 is 0.774 bits per heavy atom. The molecule has 0 radical (unpaired) electrons. The molecule has 0 aromatic heterocycles. The van der Waals surface area contributed by atoms with Crippen LogP contribution in [0, 0.1) is 0 Å². The van der Waals surface area contributed by atoms with Gasteiger partial charge in [-0.15, -0.1) is 0 Å². The van der Waals surface area contributed by atoms with Crippen molar-refractivity contribution in [2.75, 3.05) is 32.7 Å². The summed E-state index contributed by atoms with van der Waals surface area (Å²) >= 11 is 0. The predicted octanol–water partition coefficient (Wildman–Crippen LogP) is 3.62. The molecule has 3 aromatic rings. The van der Waals surface area contributed by atoms with Crippen molar-refractivity contribution in [1.82, 2.24) is 15.2 Å². The summed E-state index contributed by atoms with van der Waals surface area (Å²) in [4.78, 5) is 16.8. The van der Waals surface area contributed by atoms with Gasteiger partial charge >= 0.3 is 0 Å². The number of nitrogens with zero attached hydrogens (tertiary/aromatic N) is 3. The van der Waals surface area contributed by atoms with Crippen LogP contribution in [0.15, 0.2) is 90.0 Å². The minimum atomic E-state index is -0.0753. The number of nitrogens with one attached hydrogen (secondary N) is 1. The molecule has 3 aromatic carbocycles. The summed E-state index contributed by atoms with van der Waals surface area (Å²) in [5.41, 5.74) is 7.28. The monoisotopic (exact) mass is 412 g/mol. The lowest BCUT2D eigenvalue weighted by Crippen LogP contribution is -2.48. The number of benzene rings is 3. The van der Waals surface area contributed by atoms with Gasteiger partial charge < -0.3 is 0 Å². The van der Waals surface area contributed by atoms with Crippen LogP contribution in [0.1, 0.15) is 11.1 Å². The first-order valence-electron chi connectivity index (χ1n) is 10.7. The van der Waals surface area contributed by atoms with Crippen molar-refractivity contribution in [1.29, 1.82) is 0 Å². The van der Waals surface area contributed by atoms with Crippen LogP contribution >= 0.6 is 0 Å². The standard InChI is InChI=1S/C26H28N4O/c31-26(21-30-17-15-29(16-18-30)20-23-7-3-1-4-8-23)28-27-19-22-11-13-25(14-12-22)24-9-5-2-6-10-24/h1-14,19H,15-18,20-21H2,(H,28,31)/b27-19+. The van der Waals surface area contributed by atoms with Gasteiger partial charge in [-0.25, -0.2) is 5.43 Å². The Kier molecular flexibility index (Phi) is 7.21. The maximum Gasteiger partial charge on any atom is 0.254 e. The molecule has 0 unspecified atom stereocenters. The molecule has 1 amide bonds. The number of hydrazone groups is 1. The van der Waals surface area contributed by atoms with Gasteiger partial charge in [0.1, 0.15) is 0 Å². The van der Waals surface area contributed by atoms with Gasteiger partial charge in [0.2, 0.25) is 0 Å². The molecule has 1 fully saturated rings. The summed E-state index contributed by atoms with van der Waals surface area (Å²) in [6.07, 6.45) is 1.68. The summed E-state index contributed by atoms with van der Waals surface area (Å²) in [5.74, 6) is -0.0753. The van der Waals surface area contributed by atoms with E-state index in [1.54, 1.807) is 6.21 Å². The summed E-state index contributed by atoms with van der Waals surface area (Å²) in [6.45, 7) is 5.08. The van der Waals surface area contributed by atoms with E-state index in [4.69, 9.17) is 0 Å². The van der Waals surface area contributed by atoms with Crippen LogP contribution < -0.4 is 5.43 Å². The number of hydrogen-bond donors (Lipinski definition) is 1. The second kappa shape index (κ2) is 10.7. The minimum Gasteiger partial charge on any atom is -0.297 e. The van der Waals surface area contributed by atoms with Gasteiger partial charge in [0.05, 0.1) is 12.8 Å². The van der Waals surface area contributed by atoms with Crippen LogP contribution in [0.5, 0.6) is 0 Å². The lowest BCUT2D eigenvalue weighted by Gasteiger charge is -2.34.